The molecule has 0 aromatic rings. The zero-order chi connectivity index (χ0) is 18.4. The van der Waals surface area contributed by atoms with Gasteiger partial charge < -0.3 is 51.5 Å². The van der Waals surface area contributed by atoms with Crippen LogP contribution in [0.25, 0.3) is 0 Å². The van der Waals surface area contributed by atoms with Gasteiger partial charge in [0.25, 0.3) is 0 Å². The minimum absolute atomic E-state index is 0.200. The van der Waals surface area contributed by atoms with E-state index in [1.807, 2.05) is 0 Å². The Labute approximate surface area is 138 Å². The van der Waals surface area contributed by atoms with E-state index >= 15 is 0 Å². The van der Waals surface area contributed by atoms with Crippen LogP contribution in [0.2, 0.25) is 0 Å². The molecule has 1 saturated carbocycles. The van der Waals surface area contributed by atoms with Gasteiger partial charge in [-0.1, -0.05) is 0 Å². The third-order valence-electron chi connectivity index (χ3n) is 3.91. The van der Waals surface area contributed by atoms with E-state index < -0.39 is 61.3 Å². The largest absolute Gasteiger partial charge is 0.443 e. The molecular formula is C13H26N2O9. The van der Waals surface area contributed by atoms with E-state index in [-0.39, 0.29) is 6.54 Å². The Morgan fingerprint density at radius 3 is 1.96 bits per heavy atom. The van der Waals surface area contributed by atoms with Crippen LogP contribution >= 0.6 is 0 Å². The summed E-state index contributed by atoms with van der Waals surface area (Å²) in [7, 11) is 0. The Hall–Kier alpha value is -1.05. The van der Waals surface area contributed by atoms with Crippen LogP contribution in [0.4, 0.5) is 4.79 Å². The second-order valence-electron chi connectivity index (χ2n) is 5.76. The van der Waals surface area contributed by atoms with E-state index in [2.05, 4.69) is 5.32 Å². The Morgan fingerprint density at radius 1 is 0.917 bits per heavy atom. The van der Waals surface area contributed by atoms with E-state index in [0.29, 0.717) is 13.0 Å². The van der Waals surface area contributed by atoms with Gasteiger partial charge in [0.1, 0.15) is 42.7 Å². The molecule has 0 radical (unpaired) electrons. The highest BCUT2D eigenvalue weighted by molar-refractivity contribution is 5.67. The number of carbonyl (C=O) groups excluding carboxylic acids is 1. The molecule has 24 heavy (non-hydrogen) atoms. The van der Waals surface area contributed by atoms with Crippen LogP contribution in [0.3, 0.4) is 0 Å². The van der Waals surface area contributed by atoms with E-state index in [1.165, 1.54) is 0 Å². The molecule has 0 aromatic carbocycles. The molecule has 11 heteroatoms. The molecule has 0 saturated heterocycles. The predicted molar refractivity (Wildman–Crippen MR) is 78.6 cm³/mol. The summed E-state index contributed by atoms with van der Waals surface area (Å²) in [5, 5.41) is 71.0. The van der Waals surface area contributed by atoms with Gasteiger partial charge in [-0.15, -0.1) is 0 Å². The van der Waals surface area contributed by atoms with Crippen molar-refractivity contribution >= 4 is 6.09 Å². The van der Waals surface area contributed by atoms with E-state index in [0.717, 1.165) is 0 Å². The molecule has 8 atom stereocenters. The van der Waals surface area contributed by atoms with Gasteiger partial charge in [-0.25, -0.2) is 4.79 Å². The van der Waals surface area contributed by atoms with Gasteiger partial charge in [0, 0.05) is 13.0 Å². The monoisotopic (exact) mass is 354 g/mol. The first-order valence-corrected chi connectivity index (χ1v) is 7.61. The number of aliphatic hydroxyl groups excluding tert-OH is 7. The number of nitrogens with two attached hydrogens (primary N) is 1. The second-order valence-corrected chi connectivity index (χ2v) is 5.76. The number of carbonyl (C=O) groups is 1. The summed E-state index contributed by atoms with van der Waals surface area (Å²) in [5.41, 5.74) is 5.27. The first-order valence-electron chi connectivity index (χ1n) is 7.61. The van der Waals surface area contributed by atoms with Crippen molar-refractivity contribution in [2.24, 2.45) is 5.73 Å². The summed E-state index contributed by atoms with van der Waals surface area (Å²) in [6.07, 6.45) is -16.0. The van der Waals surface area contributed by atoms with Crippen LogP contribution in [0.5, 0.6) is 0 Å². The van der Waals surface area contributed by atoms with Crippen LogP contribution in [-0.4, -0.2) is 104 Å². The van der Waals surface area contributed by atoms with Gasteiger partial charge in [-0.05, 0) is 13.0 Å². The number of rotatable bonds is 4. The molecule has 1 rings (SSSR count). The lowest BCUT2D eigenvalue weighted by molar-refractivity contribution is -0.162. The lowest BCUT2D eigenvalue weighted by Gasteiger charge is -2.30. The van der Waals surface area contributed by atoms with Crippen molar-refractivity contribution in [3.05, 3.63) is 0 Å². The standard InChI is InChI=1S/C13H26N2O9/c14-2-1-3-15-13(23)24-6-4-5(16)7(17)9(19)11(21)12(22)10(20)8(6)18/h5-12,16-22H,1-4,14H2,(H,15,23). The predicted octanol–water partition coefficient (Wildman–Crippen LogP) is -4.64. The van der Waals surface area contributed by atoms with Crippen LogP contribution in [-0.2, 0) is 4.74 Å². The molecule has 142 valence electrons. The summed E-state index contributed by atoms with van der Waals surface area (Å²) >= 11 is 0. The molecule has 11 nitrogen and oxygen atoms in total. The van der Waals surface area contributed by atoms with Crippen molar-refractivity contribution in [1.82, 2.24) is 5.32 Å². The zero-order valence-corrected chi connectivity index (χ0v) is 13.0. The summed E-state index contributed by atoms with van der Waals surface area (Å²) < 4.78 is 4.90. The van der Waals surface area contributed by atoms with Gasteiger partial charge in [-0.2, -0.15) is 0 Å². The molecule has 0 aliphatic heterocycles. The average Bonchev–Trinajstić information content (AvgIpc) is 2.57. The van der Waals surface area contributed by atoms with Crippen molar-refractivity contribution in [2.75, 3.05) is 13.1 Å². The molecule has 1 fully saturated rings. The molecule has 1 amide bonds. The number of alkyl carbamates (subject to hydrolysis) is 1. The third kappa shape index (κ3) is 5.22. The van der Waals surface area contributed by atoms with E-state index in [1.54, 1.807) is 0 Å². The number of hydrogen-bond acceptors (Lipinski definition) is 10. The van der Waals surface area contributed by atoms with Crippen LogP contribution in [0.1, 0.15) is 12.8 Å². The van der Waals surface area contributed by atoms with Gasteiger partial charge in [0.05, 0.1) is 6.10 Å². The maximum atomic E-state index is 11.6. The van der Waals surface area contributed by atoms with Crippen molar-refractivity contribution in [3.63, 3.8) is 0 Å². The summed E-state index contributed by atoms with van der Waals surface area (Å²) in [4.78, 5) is 11.6. The lowest BCUT2D eigenvalue weighted by Crippen LogP contribution is -2.53. The van der Waals surface area contributed by atoms with Gasteiger partial charge in [-0.3, -0.25) is 0 Å². The Morgan fingerprint density at radius 2 is 1.42 bits per heavy atom. The fourth-order valence-corrected chi connectivity index (χ4v) is 2.36. The number of nitrogens with one attached hydrogen (secondary N) is 1. The van der Waals surface area contributed by atoms with E-state index in [4.69, 9.17) is 10.5 Å². The molecule has 1 aliphatic rings. The Kier molecular flexibility index (Phi) is 8.26. The van der Waals surface area contributed by atoms with Crippen molar-refractivity contribution in [1.29, 1.82) is 0 Å². The molecule has 0 bridgehead atoms. The minimum atomic E-state index is -2.04. The molecule has 10 N–H and O–H groups in total. The number of hydrogen-bond donors (Lipinski definition) is 9. The topological polar surface area (TPSA) is 206 Å². The van der Waals surface area contributed by atoms with Gasteiger partial charge in [0.2, 0.25) is 0 Å². The number of ether oxygens (including phenoxy) is 1. The molecule has 0 spiro atoms. The maximum absolute atomic E-state index is 11.6. The molecule has 0 aromatic heterocycles. The van der Waals surface area contributed by atoms with Crippen molar-refractivity contribution < 1.29 is 45.3 Å². The van der Waals surface area contributed by atoms with Crippen molar-refractivity contribution in [2.45, 2.75) is 61.7 Å². The Bertz CT molecular complexity index is 400. The fraction of sp³-hybridized carbons (Fsp3) is 0.923. The molecule has 0 heterocycles. The third-order valence-corrected chi connectivity index (χ3v) is 3.91. The average molecular weight is 354 g/mol. The molecule has 1 aliphatic carbocycles. The molecule has 8 unspecified atom stereocenters. The maximum Gasteiger partial charge on any atom is 0.407 e. The summed E-state index contributed by atoms with van der Waals surface area (Å²) in [6, 6.07) is 0. The number of amides is 1. The van der Waals surface area contributed by atoms with Gasteiger partial charge >= 0.3 is 6.09 Å². The highest BCUT2D eigenvalue weighted by Crippen LogP contribution is 2.23. The van der Waals surface area contributed by atoms with Crippen LogP contribution in [0.15, 0.2) is 0 Å². The minimum Gasteiger partial charge on any atom is -0.443 e. The zero-order valence-electron chi connectivity index (χ0n) is 13.0. The normalized spacial score (nSPS) is 41.0. The smallest absolute Gasteiger partial charge is 0.407 e. The number of aliphatic hydroxyl groups is 7. The first kappa shape index (κ1) is 21.0. The van der Waals surface area contributed by atoms with Gasteiger partial charge in [0.15, 0.2) is 0 Å². The lowest BCUT2D eigenvalue weighted by atomic mass is 9.97. The Balaban J connectivity index is 2.87. The van der Waals surface area contributed by atoms with Crippen molar-refractivity contribution in [3.8, 4) is 0 Å². The van der Waals surface area contributed by atoms with Crippen LogP contribution in [0, 0.1) is 0 Å². The second kappa shape index (κ2) is 9.44. The quantitative estimate of drug-likeness (QED) is 0.221. The van der Waals surface area contributed by atoms with E-state index in [9.17, 15) is 40.5 Å². The first-order chi connectivity index (χ1) is 11.2. The highest BCUT2D eigenvalue weighted by Gasteiger charge is 2.45. The summed E-state index contributed by atoms with van der Waals surface area (Å²) in [5.74, 6) is 0. The summed E-state index contributed by atoms with van der Waals surface area (Å²) in [6.45, 7) is 0.532. The van der Waals surface area contributed by atoms with Crippen LogP contribution < -0.4 is 11.1 Å². The highest BCUT2D eigenvalue weighted by atomic mass is 16.6. The fourth-order valence-electron chi connectivity index (χ4n) is 2.36. The SMILES string of the molecule is NCCCNC(=O)OC1CC(O)C(O)C(O)C(O)C(O)C(O)C1O. The molecular weight excluding hydrogens is 328 g/mol.